The molecule has 1 aliphatic heterocycles. The number of anilines is 2. The highest BCUT2D eigenvalue weighted by Gasteiger charge is 2.33. The summed E-state index contributed by atoms with van der Waals surface area (Å²) in [7, 11) is -2.25. The molecule has 220 valence electrons. The van der Waals surface area contributed by atoms with E-state index in [0.717, 1.165) is 11.3 Å². The number of aliphatic hydroxyl groups excluding tert-OH is 1. The van der Waals surface area contributed by atoms with Gasteiger partial charge in [0.1, 0.15) is 21.9 Å². The van der Waals surface area contributed by atoms with Gasteiger partial charge < -0.3 is 25.4 Å². The van der Waals surface area contributed by atoms with Crippen LogP contribution in [0.2, 0.25) is 0 Å². The van der Waals surface area contributed by atoms with E-state index < -0.39 is 34.0 Å². The highest BCUT2D eigenvalue weighted by molar-refractivity contribution is 7.91. The predicted octanol–water partition coefficient (Wildman–Crippen LogP) is 4.00. The highest BCUT2D eigenvalue weighted by Crippen LogP contribution is 2.30. The number of hydrogen-bond donors (Lipinski definition) is 3. The molecule has 1 aromatic heterocycles. The first kappa shape index (κ1) is 30.4. The number of carbonyl (C=O) groups is 2. The number of sulfonamides is 1. The minimum atomic E-state index is -3.74. The number of urea groups is 1. The third-order valence-electron chi connectivity index (χ3n) is 6.87. The Kier molecular flexibility index (Phi) is 9.64. The first-order valence-corrected chi connectivity index (χ1v) is 15.3. The molecule has 1 aliphatic rings. The molecule has 3 aromatic rings. The summed E-state index contributed by atoms with van der Waals surface area (Å²) in [6, 6.07) is 12.4. The van der Waals surface area contributed by atoms with E-state index in [0.29, 0.717) is 22.7 Å². The van der Waals surface area contributed by atoms with Gasteiger partial charge in [0, 0.05) is 36.4 Å². The standard InChI is InChI=1S/C28H33FN4O6S2/c1-18-15-33(19(2)17-34)26(35)14-20-13-23(31-28(36)30-22-8-6-21(29)7-9-22)10-11-24(20)39-25(18)16-32(3)41(37,38)27-5-4-12-40-27/h4-13,18-19,25,34H,14-17H2,1-3H3,(H2,30,31,36)/t18-,19-,25+/m1/s1. The van der Waals surface area contributed by atoms with E-state index in [4.69, 9.17) is 4.74 Å². The van der Waals surface area contributed by atoms with E-state index >= 15 is 0 Å². The van der Waals surface area contributed by atoms with Gasteiger partial charge in [-0.15, -0.1) is 11.3 Å². The van der Waals surface area contributed by atoms with E-state index in [1.807, 2.05) is 6.92 Å². The van der Waals surface area contributed by atoms with Gasteiger partial charge in [-0.05, 0) is 60.8 Å². The number of nitrogens with zero attached hydrogens (tertiary/aromatic N) is 2. The van der Waals surface area contributed by atoms with Gasteiger partial charge in [-0.3, -0.25) is 4.79 Å². The lowest BCUT2D eigenvalue weighted by atomic mass is 10.0. The van der Waals surface area contributed by atoms with Crippen molar-refractivity contribution in [3.63, 3.8) is 0 Å². The van der Waals surface area contributed by atoms with Crippen LogP contribution in [-0.4, -0.2) is 73.6 Å². The van der Waals surface area contributed by atoms with Gasteiger partial charge in [-0.25, -0.2) is 17.6 Å². The number of thiophene rings is 1. The molecule has 3 atom stereocenters. The number of amides is 3. The summed E-state index contributed by atoms with van der Waals surface area (Å²) >= 11 is 1.13. The summed E-state index contributed by atoms with van der Waals surface area (Å²) in [6.45, 7) is 3.65. The van der Waals surface area contributed by atoms with Gasteiger partial charge in [0.25, 0.3) is 10.0 Å². The molecule has 0 radical (unpaired) electrons. The summed E-state index contributed by atoms with van der Waals surface area (Å²) < 4.78 is 47.3. The van der Waals surface area contributed by atoms with Crippen molar-refractivity contribution in [2.45, 2.75) is 36.6 Å². The maximum absolute atomic E-state index is 13.4. The molecule has 0 bridgehead atoms. The largest absolute Gasteiger partial charge is 0.488 e. The second-order valence-corrected chi connectivity index (χ2v) is 13.2. The normalized spacial score (nSPS) is 18.5. The zero-order valence-electron chi connectivity index (χ0n) is 22.9. The van der Waals surface area contributed by atoms with Gasteiger partial charge in [0.05, 0.1) is 25.6 Å². The molecule has 0 saturated heterocycles. The maximum Gasteiger partial charge on any atom is 0.323 e. The van der Waals surface area contributed by atoms with Crippen LogP contribution in [0, 0.1) is 11.7 Å². The van der Waals surface area contributed by atoms with Gasteiger partial charge in [0.2, 0.25) is 5.91 Å². The molecular weight excluding hydrogens is 571 g/mol. The van der Waals surface area contributed by atoms with Crippen molar-refractivity contribution in [1.82, 2.24) is 9.21 Å². The molecular formula is C28H33FN4O6S2. The molecule has 3 amide bonds. The molecule has 41 heavy (non-hydrogen) atoms. The van der Waals surface area contributed by atoms with Crippen molar-refractivity contribution in [3.8, 4) is 5.75 Å². The van der Waals surface area contributed by atoms with Crippen molar-refractivity contribution < 1.29 is 32.2 Å². The molecule has 0 spiro atoms. The van der Waals surface area contributed by atoms with Gasteiger partial charge >= 0.3 is 6.03 Å². The summed E-state index contributed by atoms with van der Waals surface area (Å²) in [4.78, 5) is 27.5. The molecule has 0 unspecified atom stereocenters. The zero-order chi connectivity index (χ0) is 29.7. The van der Waals surface area contributed by atoms with E-state index in [9.17, 15) is 27.5 Å². The SMILES string of the molecule is C[C@@H]1CN([C@H](C)CO)C(=O)Cc2cc(NC(=O)Nc3ccc(F)cc3)ccc2O[C@H]1CN(C)S(=O)(=O)c1cccs1. The van der Waals surface area contributed by atoms with Crippen LogP contribution in [0.1, 0.15) is 19.4 Å². The number of likely N-dealkylation sites (N-methyl/N-ethyl adjacent to an activating group) is 1. The number of hydrogen-bond acceptors (Lipinski definition) is 7. The molecule has 0 saturated carbocycles. The van der Waals surface area contributed by atoms with E-state index in [1.54, 1.807) is 47.5 Å². The van der Waals surface area contributed by atoms with Crippen molar-refractivity contribution in [1.29, 1.82) is 0 Å². The second kappa shape index (κ2) is 13.0. The summed E-state index contributed by atoms with van der Waals surface area (Å²) in [5.41, 5.74) is 1.28. The van der Waals surface area contributed by atoms with E-state index in [1.165, 1.54) is 35.6 Å². The lowest BCUT2D eigenvalue weighted by Gasteiger charge is -2.33. The third kappa shape index (κ3) is 7.41. The number of aliphatic hydroxyl groups is 1. The van der Waals surface area contributed by atoms with Crippen molar-refractivity contribution in [2.24, 2.45) is 5.92 Å². The van der Waals surface area contributed by atoms with Gasteiger partial charge in [-0.1, -0.05) is 13.0 Å². The molecule has 2 aromatic carbocycles. The Morgan fingerprint density at radius 2 is 1.88 bits per heavy atom. The van der Waals surface area contributed by atoms with Crippen LogP contribution in [0.5, 0.6) is 5.75 Å². The monoisotopic (exact) mass is 604 g/mol. The molecule has 10 nitrogen and oxygen atoms in total. The zero-order valence-corrected chi connectivity index (χ0v) is 24.5. The molecule has 0 aliphatic carbocycles. The van der Waals surface area contributed by atoms with Crippen LogP contribution in [-0.2, 0) is 21.2 Å². The Labute approximate surface area is 242 Å². The fourth-order valence-corrected chi connectivity index (χ4v) is 6.85. The minimum Gasteiger partial charge on any atom is -0.488 e. The van der Waals surface area contributed by atoms with Crippen LogP contribution in [0.3, 0.4) is 0 Å². The Morgan fingerprint density at radius 1 is 1.20 bits per heavy atom. The number of benzene rings is 2. The fraction of sp³-hybridized carbons (Fsp3) is 0.357. The quantitative estimate of drug-likeness (QED) is 0.357. The van der Waals surface area contributed by atoms with Gasteiger partial charge in [-0.2, -0.15) is 4.31 Å². The first-order valence-electron chi connectivity index (χ1n) is 13.0. The number of nitrogens with one attached hydrogen (secondary N) is 2. The third-order valence-corrected chi connectivity index (χ3v) is 10.1. The van der Waals surface area contributed by atoms with Crippen LogP contribution in [0.4, 0.5) is 20.6 Å². The first-order chi connectivity index (χ1) is 19.5. The van der Waals surface area contributed by atoms with Crippen LogP contribution in [0.25, 0.3) is 0 Å². The van der Waals surface area contributed by atoms with E-state index in [-0.39, 0.29) is 42.2 Å². The average Bonchev–Trinajstić information content (AvgIpc) is 3.49. The number of ether oxygens (including phenoxy) is 1. The van der Waals surface area contributed by atoms with Crippen molar-refractivity contribution in [3.05, 3.63) is 71.4 Å². The summed E-state index contributed by atoms with van der Waals surface area (Å²) in [5.74, 6) is -0.568. The van der Waals surface area contributed by atoms with Crippen LogP contribution >= 0.6 is 11.3 Å². The Balaban J connectivity index is 1.60. The average molecular weight is 605 g/mol. The van der Waals surface area contributed by atoms with E-state index in [2.05, 4.69) is 10.6 Å². The Hall–Kier alpha value is -3.52. The number of carbonyl (C=O) groups excluding carboxylic acids is 2. The molecule has 0 fully saturated rings. The lowest BCUT2D eigenvalue weighted by molar-refractivity contribution is -0.134. The highest BCUT2D eigenvalue weighted by atomic mass is 32.2. The van der Waals surface area contributed by atoms with Crippen molar-refractivity contribution >= 4 is 44.7 Å². The number of fused-ring (bicyclic) bond motifs is 1. The van der Waals surface area contributed by atoms with Gasteiger partial charge in [0.15, 0.2) is 0 Å². The smallest absolute Gasteiger partial charge is 0.323 e. The van der Waals surface area contributed by atoms with Crippen LogP contribution < -0.4 is 15.4 Å². The second-order valence-electron chi connectivity index (χ2n) is 10.0. The van der Waals surface area contributed by atoms with Crippen LogP contribution in [0.15, 0.2) is 64.2 Å². The Bertz CT molecular complexity index is 1470. The predicted molar refractivity (Wildman–Crippen MR) is 155 cm³/mol. The molecule has 3 N–H and O–H groups in total. The molecule has 2 heterocycles. The number of halogens is 1. The lowest BCUT2D eigenvalue weighted by Crippen LogP contribution is -2.48. The minimum absolute atomic E-state index is 0.0243. The molecule has 13 heteroatoms. The maximum atomic E-state index is 13.4. The summed E-state index contributed by atoms with van der Waals surface area (Å²) in [6.07, 6.45) is -0.689. The molecule has 4 rings (SSSR count). The number of rotatable bonds is 8. The topological polar surface area (TPSA) is 128 Å². The Morgan fingerprint density at radius 3 is 2.54 bits per heavy atom. The fourth-order valence-electron chi connectivity index (χ4n) is 4.47. The summed E-state index contributed by atoms with van der Waals surface area (Å²) in [5, 5.41) is 16.9. The van der Waals surface area contributed by atoms with Crippen molar-refractivity contribution in [2.75, 3.05) is 37.4 Å².